The number of amides is 1. The molecule has 6 rings (SSSR count). The number of aromatic nitrogens is 1. The highest BCUT2D eigenvalue weighted by atomic mass is 16.7. The number of carbonyl (C=O) groups is 2. The second kappa shape index (κ2) is 14.3. The van der Waals surface area contributed by atoms with Crippen LogP contribution in [0.2, 0.25) is 0 Å². The number of para-hydroxylation sites is 1. The van der Waals surface area contributed by atoms with E-state index < -0.39 is 52.9 Å². The number of hydrogen-bond acceptors (Lipinski definition) is 12. The highest BCUT2D eigenvalue weighted by molar-refractivity contribution is 6.22. The fraction of sp³-hybridized carbons (Fsp3) is 0.400. The lowest BCUT2D eigenvalue weighted by Crippen LogP contribution is -2.40. The first-order valence-electron chi connectivity index (χ1n) is 17.5. The quantitative estimate of drug-likeness (QED) is 0.116. The molecule has 53 heavy (non-hydrogen) atoms. The zero-order valence-corrected chi connectivity index (χ0v) is 30.6. The zero-order valence-electron chi connectivity index (χ0n) is 30.6. The van der Waals surface area contributed by atoms with E-state index in [9.17, 15) is 34.8 Å². The predicted molar refractivity (Wildman–Crippen MR) is 197 cm³/mol. The molecule has 0 spiro atoms. The fourth-order valence-corrected chi connectivity index (χ4v) is 7.19. The van der Waals surface area contributed by atoms with Crippen LogP contribution >= 0.6 is 0 Å². The average molecular weight is 729 g/mol. The molecule has 0 radical (unpaired) electrons. The van der Waals surface area contributed by atoms with Crippen molar-refractivity contribution in [3.8, 4) is 28.7 Å². The molecule has 2 aromatic rings. The molecule has 280 valence electrons. The van der Waals surface area contributed by atoms with E-state index in [0.29, 0.717) is 12.8 Å². The lowest BCUT2D eigenvalue weighted by atomic mass is 9.86. The Bertz CT molecular complexity index is 2240. The van der Waals surface area contributed by atoms with Crippen molar-refractivity contribution in [2.24, 2.45) is 17.8 Å². The Morgan fingerprint density at radius 3 is 2.47 bits per heavy atom. The molecule has 0 aromatic heterocycles. The Morgan fingerprint density at radius 1 is 1.02 bits per heavy atom. The van der Waals surface area contributed by atoms with E-state index >= 15 is 0 Å². The van der Waals surface area contributed by atoms with Crippen LogP contribution in [0.5, 0.6) is 17.2 Å². The van der Waals surface area contributed by atoms with E-state index in [-0.39, 0.29) is 79.0 Å². The van der Waals surface area contributed by atoms with E-state index in [1.807, 2.05) is 19.9 Å². The van der Waals surface area contributed by atoms with Gasteiger partial charge in [-0.1, -0.05) is 45.1 Å². The number of aliphatic hydroxyl groups is 2. The Kier molecular flexibility index (Phi) is 10.1. The molecule has 5 N–H and O–H groups in total. The zero-order chi connectivity index (χ0) is 38.5. The molecule has 13 heteroatoms. The van der Waals surface area contributed by atoms with E-state index in [1.165, 1.54) is 51.5 Å². The molecule has 2 aromatic carbocycles. The van der Waals surface area contributed by atoms with Crippen molar-refractivity contribution in [1.29, 1.82) is 0 Å². The van der Waals surface area contributed by atoms with Crippen LogP contribution in [0.3, 0.4) is 0 Å². The minimum atomic E-state index is -2.00. The normalized spacial score (nSPS) is 29.5. The number of carbonyl (C=O) groups excluding carboxylic acids is 2. The van der Waals surface area contributed by atoms with E-state index in [2.05, 4.69) is 10.3 Å². The number of Topliss-reactive ketones (excluding diaryl/α,β-unsaturated/α-hetero) is 1. The molecule has 1 amide bonds. The van der Waals surface area contributed by atoms with Crippen LogP contribution in [0, 0.1) is 24.7 Å². The molecule has 0 fully saturated rings. The maximum absolute atomic E-state index is 14.4. The first kappa shape index (κ1) is 37.5. The summed E-state index contributed by atoms with van der Waals surface area (Å²) in [5.74, 6) is -4.89. The molecule has 13 nitrogen and oxygen atoms in total. The summed E-state index contributed by atoms with van der Waals surface area (Å²) in [5, 5.41) is 46.5. The minimum Gasteiger partial charge on any atom is -0.507 e. The molecule has 0 saturated heterocycles. The second-order valence-corrected chi connectivity index (χ2v) is 14.3. The molecule has 1 aliphatic carbocycles. The number of nitrogens with zero attached hydrogens (tertiary/aromatic N) is 1. The number of benzene rings is 3. The third kappa shape index (κ3) is 6.64. The highest BCUT2D eigenvalue weighted by Gasteiger charge is 2.50. The van der Waals surface area contributed by atoms with E-state index in [4.69, 9.17) is 18.6 Å². The average Bonchev–Trinajstić information content (AvgIpc) is 3.38. The first-order valence-corrected chi connectivity index (χ1v) is 17.5. The highest BCUT2D eigenvalue weighted by Crippen LogP contribution is 2.50. The monoisotopic (exact) mass is 728 g/mol. The number of aromatic hydroxyl groups is 2. The van der Waals surface area contributed by atoms with Crippen LogP contribution in [0.4, 0.5) is 5.69 Å². The van der Waals surface area contributed by atoms with Crippen molar-refractivity contribution in [2.75, 3.05) is 12.4 Å². The largest absolute Gasteiger partial charge is 0.507 e. The van der Waals surface area contributed by atoms with Gasteiger partial charge >= 0.3 is 5.79 Å². The molecule has 3 heterocycles. The van der Waals surface area contributed by atoms with Crippen molar-refractivity contribution >= 4 is 39.2 Å². The summed E-state index contributed by atoms with van der Waals surface area (Å²) >= 11 is 0. The number of phenols is 2. The topological polar surface area (TPSA) is 198 Å². The standard InChI is InChI=1S/C40H44N2O11/c1-18-10-8-11-20(3)39(49)42-32-35(47)28-27(31-37(32)52-26-13-9-12-23(43)30(26)41-31)29-36(22(5)34(28)46)53-40(6,38(29)48)51-15-14-25(50-7)21(4)33(45)24(44)17-19(2)16-18/h8-15,18-19,21,24-25,33,43-46H,16-17H2,1-7H3,(H,42,49)/b10-8+,15-14+,20-11-/t18-,19+,21+,24+,25-,33+,40-/m0/s1. The molecule has 4 bridgehead atoms. The predicted octanol–water partition coefficient (Wildman–Crippen LogP) is 5.87. The minimum absolute atomic E-state index is 0.00388. The summed E-state index contributed by atoms with van der Waals surface area (Å²) in [6, 6.07) is 4.43. The van der Waals surface area contributed by atoms with Gasteiger partial charge < -0.3 is 44.4 Å². The second-order valence-electron chi connectivity index (χ2n) is 14.3. The van der Waals surface area contributed by atoms with Gasteiger partial charge in [0, 0.05) is 36.5 Å². The summed E-state index contributed by atoms with van der Waals surface area (Å²) < 4.78 is 23.8. The summed E-state index contributed by atoms with van der Waals surface area (Å²) in [6.45, 7) is 10.1. The Morgan fingerprint density at radius 2 is 1.75 bits per heavy atom. The number of ketones is 1. The number of allylic oxidation sites excluding steroid dienone is 3. The number of aliphatic hydroxyl groups excluding tert-OH is 2. The first-order chi connectivity index (χ1) is 25.1. The fourth-order valence-electron chi connectivity index (χ4n) is 7.19. The van der Waals surface area contributed by atoms with Crippen LogP contribution in [-0.4, -0.2) is 68.3 Å². The smallest absolute Gasteiger partial charge is 0.312 e. The summed E-state index contributed by atoms with van der Waals surface area (Å²) in [6.07, 6.45) is 6.03. The third-order valence-electron chi connectivity index (χ3n) is 10.2. The van der Waals surface area contributed by atoms with E-state index in [0.717, 1.165) is 0 Å². The van der Waals surface area contributed by atoms with Gasteiger partial charge in [0.15, 0.2) is 11.3 Å². The third-order valence-corrected chi connectivity index (χ3v) is 10.2. The van der Waals surface area contributed by atoms with Crippen LogP contribution in [0.25, 0.3) is 33.3 Å². The van der Waals surface area contributed by atoms with Gasteiger partial charge in [-0.3, -0.25) is 14.4 Å². The number of fused-ring (bicyclic) bond motifs is 2. The van der Waals surface area contributed by atoms with Crippen LogP contribution in [0.1, 0.15) is 63.4 Å². The van der Waals surface area contributed by atoms with Gasteiger partial charge in [0.05, 0.1) is 35.5 Å². The van der Waals surface area contributed by atoms with Crippen molar-refractivity contribution < 1.29 is 48.6 Å². The van der Waals surface area contributed by atoms with Gasteiger partial charge in [0.25, 0.3) is 11.7 Å². The molecule has 3 aliphatic heterocycles. The number of rotatable bonds is 1. The molecule has 0 unspecified atom stereocenters. The van der Waals surface area contributed by atoms with Gasteiger partial charge in [-0.25, -0.2) is 4.98 Å². The number of phenolic OH excluding ortho intramolecular Hbond substituents is 2. The van der Waals surface area contributed by atoms with Crippen LogP contribution in [0.15, 0.2) is 63.6 Å². The Balaban J connectivity index is 1.59. The molecule has 4 aliphatic rings. The van der Waals surface area contributed by atoms with Gasteiger partial charge in [-0.05, 0) is 56.7 Å². The lowest BCUT2D eigenvalue weighted by molar-refractivity contribution is -0.112. The summed E-state index contributed by atoms with van der Waals surface area (Å²) in [4.78, 5) is 47.0. The summed E-state index contributed by atoms with van der Waals surface area (Å²) in [5.41, 5.74) is -1.00. The van der Waals surface area contributed by atoms with Crippen molar-refractivity contribution in [2.45, 2.75) is 78.5 Å². The number of nitrogens with one attached hydrogen (secondary N) is 1. The Hall–Kier alpha value is -5.24. The number of anilines is 1. The lowest BCUT2D eigenvalue weighted by Gasteiger charge is -2.30. The SMILES string of the molecule is CO[C@H]1/C=C/O[C@@]2(C)Oc3c(C)c(O)c4c(=O)c(c5oc6cccc(O)c6nc-5c4c3C2=O)NC(=O)/C(C)=C\C=C\[C@H](C)C[C@@H](C)C[C@@H](O)[C@H](O)[C@@H]1C. The maximum atomic E-state index is 14.4. The number of hydrogen-bond donors (Lipinski definition) is 5. The van der Waals surface area contributed by atoms with Gasteiger partial charge in [0.2, 0.25) is 5.43 Å². The van der Waals surface area contributed by atoms with Gasteiger partial charge in [-0.2, -0.15) is 0 Å². The Labute approximate surface area is 305 Å². The number of ether oxygens (including phenoxy) is 3. The molecular weight excluding hydrogens is 684 g/mol. The molecule has 7 atom stereocenters. The summed E-state index contributed by atoms with van der Waals surface area (Å²) in [7, 11) is 1.45. The number of methoxy groups -OCH3 is 1. The molecule has 0 saturated carbocycles. The van der Waals surface area contributed by atoms with Crippen molar-refractivity contribution in [1.82, 2.24) is 4.98 Å². The van der Waals surface area contributed by atoms with Crippen molar-refractivity contribution in [3.63, 3.8) is 0 Å². The maximum Gasteiger partial charge on any atom is 0.312 e. The van der Waals surface area contributed by atoms with Crippen molar-refractivity contribution in [3.05, 3.63) is 75.7 Å². The van der Waals surface area contributed by atoms with Gasteiger partial charge in [0.1, 0.15) is 34.1 Å². The molecular formula is C40H44N2O11. The van der Waals surface area contributed by atoms with E-state index in [1.54, 1.807) is 26.0 Å². The van der Waals surface area contributed by atoms with Gasteiger partial charge in [-0.15, -0.1) is 0 Å². The van der Waals surface area contributed by atoms with Crippen LogP contribution < -0.4 is 15.5 Å². The van der Waals surface area contributed by atoms with Crippen LogP contribution in [-0.2, 0) is 14.3 Å².